The molecule has 0 aromatic carbocycles. The Labute approximate surface area is 193 Å². The molecule has 0 atom stereocenters. The van der Waals surface area contributed by atoms with Crippen molar-refractivity contribution in [1.82, 2.24) is 0 Å². The first kappa shape index (κ1) is 39.8. The van der Waals surface area contributed by atoms with Crippen molar-refractivity contribution in [3.63, 3.8) is 0 Å². The first-order valence-electron chi connectivity index (χ1n) is 10.4. The summed E-state index contributed by atoms with van der Waals surface area (Å²) >= 11 is 0. The molecular weight excluding hydrogens is 416 g/mol. The van der Waals surface area contributed by atoms with Crippen molar-refractivity contribution in [1.29, 1.82) is 0 Å². The van der Waals surface area contributed by atoms with Crippen LogP contribution in [0.25, 0.3) is 0 Å². The van der Waals surface area contributed by atoms with E-state index in [1.54, 1.807) is 0 Å². The molecule has 0 amide bonds. The van der Waals surface area contributed by atoms with E-state index < -0.39 is 0 Å². The van der Waals surface area contributed by atoms with Gasteiger partial charge < -0.3 is 39.4 Å². The summed E-state index contributed by atoms with van der Waals surface area (Å²) in [5, 5.41) is 32.7. The smallest absolute Gasteiger partial charge is 0.0697 e. The Hall–Kier alpha value is 0.394. The van der Waals surface area contributed by atoms with E-state index in [0.29, 0.717) is 26.4 Å². The van der Waals surface area contributed by atoms with Crippen molar-refractivity contribution in [2.24, 2.45) is 0 Å². The van der Waals surface area contributed by atoms with Gasteiger partial charge in [-0.1, -0.05) is 27.7 Å². The molecular formula is C20H48O8Ti. The number of aliphatic hydroxyl groups is 4. The largest absolute Gasteiger partial charge is 0.394 e. The van der Waals surface area contributed by atoms with Gasteiger partial charge in [0.15, 0.2) is 0 Å². The zero-order chi connectivity index (χ0) is 22.1. The Morgan fingerprint density at radius 3 is 0.655 bits per heavy atom. The Balaban J connectivity index is -0.0000000873. The summed E-state index contributed by atoms with van der Waals surface area (Å²) in [6.07, 6.45) is 4.11. The van der Waals surface area contributed by atoms with E-state index in [-0.39, 0.29) is 48.1 Å². The minimum absolute atomic E-state index is 0. The van der Waals surface area contributed by atoms with Gasteiger partial charge in [-0.2, -0.15) is 0 Å². The summed E-state index contributed by atoms with van der Waals surface area (Å²) in [7, 11) is 0. The average molecular weight is 464 g/mol. The summed E-state index contributed by atoms with van der Waals surface area (Å²) < 4.78 is 19.5. The molecule has 0 saturated heterocycles. The number of aliphatic hydroxyl groups excluding tert-OH is 4. The maximum Gasteiger partial charge on any atom is 0.0697 e. The van der Waals surface area contributed by atoms with Crippen molar-refractivity contribution in [3.8, 4) is 0 Å². The second-order valence-electron chi connectivity index (χ2n) is 5.34. The molecule has 0 saturated carbocycles. The Kier molecular flexibility index (Phi) is 70.4. The van der Waals surface area contributed by atoms with Gasteiger partial charge in [0.25, 0.3) is 0 Å². The van der Waals surface area contributed by atoms with Gasteiger partial charge in [-0.05, 0) is 25.7 Å². The fourth-order valence-corrected chi connectivity index (χ4v) is 1.24. The number of hydrogen-bond acceptors (Lipinski definition) is 8. The van der Waals surface area contributed by atoms with Gasteiger partial charge in [0.05, 0.1) is 52.9 Å². The molecule has 0 unspecified atom stereocenters. The van der Waals surface area contributed by atoms with Gasteiger partial charge in [-0.3, -0.25) is 0 Å². The third-order valence-corrected chi connectivity index (χ3v) is 2.34. The molecule has 0 aliphatic rings. The van der Waals surface area contributed by atoms with Crippen molar-refractivity contribution < 1.29 is 61.1 Å². The van der Waals surface area contributed by atoms with E-state index in [0.717, 1.165) is 52.1 Å². The van der Waals surface area contributed by atoms with Crippen LogP contribution in [0, 0.1) is 0 Å². The van der Waals surface area contributed by atoms with Crippen molar-refractivity contribution in [3.05, 3.63) is 0 Å². The van der Waals surface area contributed by atoms with Crippen LogP contribution in [0.5, 0.6) is 0 Å². The maximum absolute atomic E-state index is 8.17. The van der Waals surface area contributed by atoms with Crippen LogP contribution < -0.4 is 0 Å². The molecule has 29 heavy (non-hydrogen) atoms. The SMILES string of the molecule is CCCOCCO.CCCOCCO.CCCOCCO.CCCOCCO.[Ti]. The second-order valence-corrected chi connectivity index (χ2v) is 5.34. The van der Waals surface area contributed by atoms with Gasteiger partial charge in [-0.15, -0.1) is 0 Å². The van der Waals surface area contributed by atoms with Crippen LogP contribution in [0.4, 0.5) is 0 Å². The number of ether oxygens (including phenoxy) is 4. The monoisotopic (exact) mass is 464 g/mol. The Morgan fingerprint density at radius 1 is 0.379 bits per heavy atom. The van der Waals surface area contributed by atoms with Gasteiger partial charge in [0.1, 0.15) is 0 Å². The average Bonchev–Trinajstić information content (AvgIpc) is 2.71. The molecule has 0 spiro atoms. The molecule has 4 N–H and O–H groups in total. The summed E-state index contributed by atoms with van der Waals surface area (Å²) in [6.45, 7) is 13.7. The van der Waals surface area contributed by atoms with Crippen molar-refractivity contribution in [2.45, 2.75) is 53.4 Å². The van der Waals surface area contributed by atoms with Crippen LogP contribution in [0.2, 0.25) is 0 Å². The van der Waals surface area contributed by atoms with Crippen LogP contribution in [-0.2, 0) is 40.7 Å². The topological polar surface area (TPSA) is 118 Å². The fourth-order valence-electron chi connectivity index (χ4n) is 1.24. The first-order chi connectivity index (χ1) is 13.7. The molecule has 8 nitrogen and oxygen atoms in total. The fraction of sp³-hybridized carbons (Fsp3) is 1.00. The van der Waals surface area contributed by atoms with E-state index in [1.807, 2.05) is 27.7 Å². The molecule has 0 rings (SSSR count). The van der Waals surface area contributed by atoms with Gasteiger partial charge in [0.2, 0.25) is 0 Å². The predicted molar refractivity (Wildman–Crippen MR) is 113 cm³/mol. The van der Waals surface area contributed by atoms with E-state index in [9.17, 15) is 0 Å². The molecule has 0 fully saturated rings. The normalized spacial score (nSPS) is 9.10. The maximum atomic E-state index is 8.17. The third-order valence-electron chi connectivity index (χ3n) is 2.34. The van der Waals surface area contributed by atoms with Gasteiger partial charge in [0, 0.05) is 48.1 Å². The van der Waals surface area contributed by atoms with Crippen LogP contribution in [0.15, 0.2) is 0 Å². The molecule has 0 bridgehead atoms. The van der Waals surface area contributed by atoms with E-state index in [4.69, 9.17) is 39.4 Å². The minimum atomic E-state index is 0. The number of hydrogen-bond donors (Lipinski definition) is 4. The quantitative estimate of drug-likeness (QED) is 0.201. The molecule has 0 heterocycles. The molecule has 0 radical (unpaired) electrons. The van der Waals surface area contributed by atoms with Gasteiger partial charge in [-0.25, -0.2) is 0 Å². The van der Waals surface area contributed by atoms with E-state index >= 15 is 0 Å². The molecule has 9 heteroatoms. The van der Waals surface area contributed by atoms with E-state index in [2.05, 4.69) is 0 Å². The summed E-state index contributed by atoms with van der Waals surface area (Å²) in [5.41, 5.74) is 0. The molecule has 180 valence electrons. The van der Waals surface area contributed by atoms with Crippen molar-refractivity contribution >= 4 is 0 Å². The summed E-state index contributed by atoms with van der Waals surface area (Å²) in [4.78, 5) is 0. The minimum Gasteiger partial charge on any atom is -0.394 e. The Morgan fingerprint density at radius 2 is 0.552 bits per heavy atom. The van der Waals surface area contributed by atoms with Crippen LogP contribution in [0.3, 0.4) is 0 Å². The summed E-state index contributed by atoms with van der Waals surface area (Å²) in [5.74, 6) is 0. The van der Waals surface area contributed by atoms with Crippen LogP contribution >= 0.6 is 0 Å². The molecule has 0 aromatic rings. The zero-order valence-electron chi connectivity index (χ0n) is 19.2. The van der Waals surface area contributed by atoms with Gasteiger partial charge >= 0.3 is 0 Å². The molecule has 0 aliphatic carbocycles. The second kappa shape index (κ2) is 51.2. The molecule has 0 aliphatic heterocycles. The third kappa shape index (κ3) is 73.6. The first-order valence-corrected chi connectivity index (χ1v) is 10.4. The summed E-state index contributed by atoms with van der Waals surface area (Å²) in [6, 6.07) is 0. The number of rotatable bonds is 16. The Bertz CT molecular complexity index is 147. The predicted octanol–water partition coefficient (Wildman–Crippen LogP) is 1.62. The van der Waals surface area contributed by atoms with Crippen LogP contribution in [0.1, 0.15) is 53.4 Å². The van der Waals surface area contributed by atoms with E-state index in [1.165, 1.54) is 0 Å². The van der Waals surface area contributed by atoms with Crippen LogP contribution in [-0.4, -0.2) is 99.7 Å². The van der Waals surface area contributed by atoms with Crippen molar-refractivity contribution in [2.75, 3.05) is 79.3 Å². The molecule has 0 aromatic heterocycles. The standard InChI is InChI=1S/4C5H12O2.Ti/c4*1-2-4-7-5-3-6;/h4*6H,2-5H2,1H3;. The zero-order valence-corrected chi connectivity index (χ0v) is 20.8.